The van der Waals surface area contributed by atoms with Gasteiger partial charge in [0.05, 0.1) is 5.75 Å². The highest BCUT2D eigenvalue weighted by molar-refractivity contribution is 7.99. The number of nitrogens with zero attached hydrogens (tertiary/aromatic N) is 4. The molecule has 3 rings (SSSR count). The Labute approximate surface area is 174 Å². The minimum absolute atomic E-state index is 0.0147. The number of carbonyl (C=O) groups is 1. The average Bonchev–Trinajstić information content (AvgIpc) is 3.06. The Morgan fingerprint density at radius 2 is 2.03 bits per heavy atom. The van der Waals surface area contributed by atoms with E-state index in [2.05, 4.69) is 24.0 Å². The number of nitrogens with two attached hydrogens (primary N) is 1. The van der Waals surface area contributed by atoms with Gasteiger partial charge in [0.25, 0.3) is 0 Å². The number of nitrogen functional groups attached to an aromatic ring is 1. The number of hydrogen-bond donors (Lipinski definition) is 1. The van der Waals surface area contributed by atoms with Gasteiger partial charge in [-0.1, -0.05) is 43.2 Å². The number of para-hydroxylation sites is 1. The number of carbonyl (C=O) groups excluding carboxylic acids is 1. The maximum Gasteiger partial charge on any atom is 0.233 e. The van der Waals surface area contributed by atoms with Crippen molar-refractivity contribution in [2.45, 2.75) is 69.8 Å². The number of aromatic nitrogens is 3. The molecule has 1 aromatic carbocycles. The van der Waals surface area contributed by atoms with Gasteiger partial charge in [0, 0.05) is 12.1 Å². The molecule has 2 aromatic rings. The molecule has 0 radical (unpaired) electrons. The standard InChI is InChI=1S/C20H28FN5O2S/c1-14(2)25(15-8-4-3-5-9-15)19(27)13-29-20-24-23-18(26(20)22)12-28-17-11-7-6-10-16(17)21/h6-7,10-11,14-15H,3-5,8-9,12-13,22H2,1-2H3. The fourth-order valence-electron chi connectivity index (χ4n) is 3.68. The van der Waals surface area contributed by atoms with Crippen LogP contribution in [0.25, 0.3) is 0 Å². The minimum Gasteiger partial charge on any atom is -0.482 e. The van der Waals surface area contributed by atoms with Crippen molar-refractivity contribution >= 4 is 17.7 Å². The molecule has 7 nitrogen and oxygen atoms in total. The van der Waals surface area contributed by atoms with Crippen LogP contribution in [0.15, 0.2) is 29.4 Å². The number of thioether (sulfide) groups is 1. The summed E-state index contributed by atoms with van der Waals surface area (Å²) in [5.41, 5.74) is 0. The quantitative estimate of drug-likeness (QED) is 0.519. The van der Waals surface area contributed by atoms with Gasteiger partial charge >= 0.3 is 0 Å². The third-order valence-corrected chi connectivity index (χ3v) is 5.99. The lowest BCUT2D eigenvalue weighted by Gasteiger charge is -2.37. The van der Waals surface area contributed by atoms with E-state index in [4.69, 9.17) is 10.6 Å². The Kier molecular flexibility index (Phi) is 7.35. The Bertz CT molecular complexity index is 823. The molecular weight excluding hydrogens is 393 g/mol. The number of rotatable bonds is 8. The first-order valence-electron chi connectivity index (χ1n) is 9.98. The molecule has 9 heteroatoms. The van der Waals surface area contributed by atoms with Crippen LogP contribution in [0.5, 0.6) is 5.75 Å². The summed E-state index contributed by atoms with van der Waals surface area (Å²) in [7, 11) is 0. The predicted molar refractivity (Wildman–Crippen MR) is 110 cm³/mol. The molecule has 1 aliphatic carbocycles. The second-order valence-corrected chi connectivity index (χ2v) is 8.41. The average molecular weight is 422 g/mol. The molecule has 1 aromatic heterocycles. The Balaban J connectivity index is 1.57. The van der Waals surface area contributed by atoms with Gasteiger partial charge in [0.15, 0.2) is 17.4 Å². The third kappa shape index (κ3) is 5.41. The summed E-state index contributed by atoms with van der Waals surface area (Å²) in [5.74, 6) is 6.41. The van der Waals surface area contributed by atoms with Gasteiger partial charge in [-0.05, 0) is 38.8 Å². The van der Waals surface area contributed by atoms with E-state index in [0.717, 1.165) is 12.8 Å². The largest absolute Gasteiger partial charge is 0.482 e. The molecule has 0 spiro atoms. The molecule has 1 aliphatic rings. The van der Waals surface area contributed by atoms with Crippen LogP contribution in [0.3, 0.4) is 0 Å². The maximum atomic E-state index is 13.7. The zero-order valence-corrected chi connectivity index (χ0v) is 17.7. The van der Waals surface area contributed by atoms with Crippen LogP contribution in [-0.2, 0) is 11.4 Å². The van der Waals surface area contributed by atoms with Gasteiger partial charge in [0.2, 0.25) is 11.1 Å². The molecule has 1 heterocycles. The van der Waals surface area contributed by atoms with Crippen molar-refractivity contribution in [3.8, 4) is 5.75 Å². The molecule has 0 bridgehead atoms. The van der Waals surface area contributed by atoms with Crippen molar-refractivity contribution in [2.24, 2.45) is 0 Å². The van der Waals surface area contributed by atoms with Crippen molar-refractivity contribution in [1.82, 2.24) is 19.8 Å². The SMILES string of the molecule is CC(C)N(C(=O)CSc1nnc(COc2ccccc2F)n1N)C1CCCCC1. The molecule has 0 aliphatic heterocycles. The summed E-state index contributed by atoms with van der Waals surface area (Å²) in [6.45, 7) is 4.10. The van der Waals surface area contributed by atoms with E-state index in [9.17, 15) is 9.18 Å². The molecule has 1 saturated carbocycles. The molecule has 0 atom stereocenters. The number of benzene rings is 1. The highest BCUT2D eigenvalue weighted by atomic mass is 32.2. The molecular formula is C20H28FN5O2S. The first kappa shape index (κ1) is 21.4. The van der Waals surface area contributed by atoms with E-state index in [1.807, 2.05) is 4.90 Å². The molecule has 29 heavy (non-hydrogen) atoms. The van der Waals surface area contributed by atoms with Crippen LogP contribution in [0.1, 0.15) is 51.8 Å². The maximum absolute atomic E-state index is 13.7. The van der Waals surface area contributed by atoms with Gasteiger partial charge < -0.3 is 15.5 Å². The van der Waals surface area contributed by atoms with Crippen LogP contribution in [-0.4, -0.2) is 43.5 Å². The monoisotopic (exact) mass is 421 g/mol. The number of halogens is 1. The van der Waals surface area contributed by atoms with Crippen molar-refractivity contribution in [2.75, 3.05) is 11.6 Å². The molecule has 0 saturated heterocycles. The molecule has 2 N–H and O–H groups in total. The molecule has 1 amide bonds. The summed E-state index contributed by atoms with van der Waals surface area (Å²) < 4.78 is 20.4. The van der Waals surface area contributed by atoms with E-state index in [-0.39, 0.29) is 30.1 Å². The Hall–Kier alpha value is -2.29. The van der Waals surface area contributed by atoms with Crippen molar-refractivity contribution in [1.29, 1.82) is 0 Å². The summed E-state index contributed by atoms with van der Waals surface area (Å²) in [5, 5.41) is 8.48. The van der Waals surface area contributed by atoms with Crippen molar-refractivity contribution in [3.05, 3.63) is 35.9 Å². The second-order valence-electron chi connectivity index (χ2n) is 7.46. The topological polar surface area (TPSA) is 86.3 Å². The van der Waals surface area contributed by atoms with Gasteiger partial charge in [-0.2, -0.15) is 0 Å². The van der Waals surface area contributed by atoms with Gasteiger partial charge in [-0.25, -0.2) is 9.07 Å². The van der Waals surface area contributed by atoms with Crippen LogP contribution < -0.4 is 10.6 Å². The van der Waals surface area contributed by atoms with Crippen molar-refractivity contribution in [3.63, 3.8) is 0 Å². The highest BCUT2D eigenvalue weighted by Crippen LogP contribution is 2.26. The lowest BCUT2D eigenvalue weighted by molar-refractivity contribution is -0.133. The van der Waals surface area contributed by atoms with Crippen LogP contribution in [0, 0.1) is 5.82 Å². The second kappa shape index (κ2) is 9.96. The van der Waals surface area contributed by atoms with E-state index >= 15 is 0 Å². The van der Waals surface area contributed by atoms with Crippen LogP contribution in [0.2, 0.25) is 0 Å². The Morgan fingerprint density at radius 1 is 1.31 bits per heavy atom. The van der Waals surface area contributed by atoms with E-state index in [0.29, 0.717) is 17.0 Å². The fourth-order valence-corrected chi connectivity index (χ4v) is 4.43. The normalized spacial score (nSPS) is 14.9. The number of ether oxygens (including phenoxy) is 1. The number of hydrogen-bond acceptors (Lipinski definition) is 6. The predicted octanol–water partition coefficient (Wildman–Crippen LogP) is 3.37. The zero-order chi connectivity index (χ0) is 20.8. The first-order chi connectivity index (χ1) is 14.0. The third-order valence-electron chi connectivity index (χ3n) is 5.07. The summed E-state index contributed by atoms with van der Waals surface area (Å²) in [6.07, 6.45) is 5.74. The van der Waals surface area contributed by atoms with E-state index in [1.165, 1.54) is 47.8 Å². The summed E-state index contributed by atoms with van der Waals surface area (Å²) in [6, 6.07) is 6.61. The van der Waals surface area contributed by atoms with E-state index < -0.39 is 5.82 Å². The van der Waals surface area contributed by atoms with Crippen LogP contribution in [0.4, 0.5) is 4.39 Å². The van der Waals surface area contributed by atoms with Gasteiger partial charge in [-0.3, -0.25) is 4.79 Å². The number of amides is 1. The molecule has 158 valence electrons. The molecule has 1 fully saturated rings. The highest BCUT2D eigenvalue weighted by Gasteiger charge is 2.28. The smallest absolute Gasteiger partial charge is 0.233 e. The zero-order valence-electron chi connectivity index (χ0n) is 16.9. The van der Waals surface area contributed by atoms with Gasteiger partial charge in [-0.15, -0.1) is 10.2 Å². The lowest BCUT2D eigenvalue weighted by atomic mass is 9.93. The van der Waals surface area contributed by atoms with Crippen molar-refractivity contribution < 1.29 is 13.9 Å². The minimum atomic E-state index is -0.452. The summed E-state index contributed by atoms with van der Waals surface area (Å²) >= 11 is 1.25. The van der Waals surface area contributed by atoms with Gasteiger partial charge in [0.1, 0.15) is 6.61 Å². The van der Waals surface area contributed by atoms with E-state index in [1.54, 1.807) is 12.1 Å². The fraction of sp³-hybridized carbons (Fsp3) is 0.550. The first-order valence-corrected chi connectivity index (χ1v) is 11.0. The summed E-state index contributed by atoms with van der Waals surface area (Å²) in [4.78, 5) is 14.9. The lowest BCUT2D eigenvalue weighted by Crippen LogP contribution is -2.46. The Morgan fingerprint density at radius 3 is 2.72 bits per heavy atom. The molecule has 0 unspecified atom stereocenters. The van der Waals surface area contributed by atoms with Crippen LogP contribution >= 0.6 is 11.8 Å².